The van der Waals surface area contributed by atoms with Gasteiger partial charge < -0.3 is 10.4 Å². The van der Waals surface area contributed by atoms with E-state index in [1.807, 2.05) is 24.3 Å². The summed E-state index contributed by atoms with van der Waals surface area (Å²) in [6.45, 7) is 0.446. The third-order valence-corrected chi connectivity index (χ3v) is 2.57. The van der Waals surface area contributed by atoms with Crippen LogP contribution in [0.1, 0.15) is 21.5 Å². The zero-order valence-electron chi connectivity index (χ0n) is 9.84. The molecule has 2 rings (SSSR count). The molecule has 4 nitrogen and oxygen atoms in total. The van der Waals surface area contributed by atoms with Gasteiger partial charge in [-0.25, -0.2) is 0 Å². The van der Waals surface area contributed by atoms with E-state index >= 15 is 0 Å². The summed E-state index contributed by atoms with van der Waals surface area (Å²) in [6, 6.07) is 10.8. The number of nitrogens with zero attached hydrogens (tertiary/aromatic N) is 1. The van der Waals surface area contributed by atoms with Crippen molar-refractivity contribution in [1.82, 2.24) is 10.3 Å². The standard InChI is InChI=1S/C14H14N2O2/c17-10-12-3-1-2-11(8-12)9-16-14(18)13-4-6-15-7-5-13/h1-8,17H,9-10H2,(H,16,18). The van der Waals surface area contributed by atoms with Crippen LogP contribution in [0.25, 0.3) is 0 Å². The van der Waals surface area contributed by atoms with Crippen molar-refractivity contribution >= 4 is 5.91 Å². The summed E-state index contributed by atoms with van der Waals surface area (Å²) < 4.78 is 0. The fourth-order valence-corrected chi connectivity index (χ4v) is 1.63. The molecule has 2 aromatic rings. The van der Waals surface area contributed by atoms with Gasteiger partial charge in [-0.15, -0.1) is 0 Å². The van der Waals surface area contributed by atoms with Crippen molar-refractivity contribution in [1.29, 1.82) is 0 Å². The first kappa shape index (κ1) is 12.3. The first-order valence-corrected chi connectivity index (χ1v) is 5.66. The molecule has 0 saturated heterocycles. The van der Waals surface area contributed by atoms with E-state index in [9.17, 15) is 4.79 Å². The van der Waals surface area contributed by atoms with Gasteiger partial charge in [0.2, 0.25) is 0 Å². The minimum atomic E-state index is -0.133. The Morgan fingerprint density at radius 3 is 2.61 bits per heavy atom. The van der Waals surface area contributed by atoms with Crippen molar-refractivity contribution in [2.45, 2.75) is 13.2 Å². The number of carbonyl (C=O) groups excluding carboxylic acids is 1. The number of pyridine rings is 1. The van der Waals surface area contributed by atoms with Crippen molar-refractivity contribution in [2.24, 2.45) is 0 Å². The Labute approximate surface area is 105 Å². The summed E-state index contributed by atoms with van der Waals surface area (Å²) in [5, 5.41) is 11.8. The lowest BCUT2D eigenvalue weighted by Gasteiger charge is -2.06. The molecule has 1 heterocycles. The summed E-state index contributed by atoms with van der Waals surface area (Å²) in [6.07, 6.45) is 3.17. The highest BCUT2D eigenvalue weighted by molar-refractivity contribution is 5.93. The number of rotatable bonds is 4. The van der Waals surface area contributed by atoms with Gasteiger partial charge in [-0.05, 0) is 23.3 Å². The quantitative estimate of drug-likeness (QED) is 0.854. The highest BCUT2D eigenvalue weighted by Gasteiger charge is 2.04. The smallest absolute Gasteiger partial charge is 0.251 e. The summed E-state index contributed by atoms with van der Waals surface area (Å²) in [4.78, 5) is 15.6. The number of aliphatic hydroxyl groups is 1. The van der Waals surface area contributed by atoms with Crippen LogP contribution in [0.15, 0.2) is 48.8 Å². The Bertz CT molecular complexity index is 526. The molecule has 1 aromatic heterocycles. The van der Waals surface area contributed by atoms with E-state index in [0.717, 1.165) is 11.1 Å². The molecule has 1 aromatic carbocycles. The molecule has 1 amide bonds. The second-order valence-corrected chi connectivity index (χ2v) is 3.90. The van der Waals surface area contributed by atoms with Crippen LogP contribution >= 0.6 is 0 Å². The number of hydrogen-bond donors (Lipinski definition) is 2. The number of nitrogens with one attached hydrogen (secondary N) is 1. The first-order chi connectivity index (χ1) is 8.79. The Morgan fingerprint density at radius 2 is 1.89 bits per heavy atom. The van der Waals surface area contributed by atoms with Gasteiger partial charge in [0.15, 0.2) is 0 Å². The SMILES string of the molecule is O=C(NCc1cccc(CO)c1)c1ccncc1. The maximum atomic E-state index is 11.8. The van der Waals surface area contributed by atoms with Crippen LogP contribution in [-0.4, -0.2) is 16.0 Å². The average Bonchev–Trinajstić information content (AvgIpc) is 2.46. The largest absolute Gasteiger partial charge is 0.392 e. The number of benzene rings is 1. The van der Waals surface area contributed by atoms with E-state index in [4.69, 9.17) is 5.11 Å². The average molecular weight is 242 g/mol. The highest BCUT2D eigenvalue weighted by Crippen LogP contribution is 2.05. The second-order valence-electron chi connectivity index (χ2n) is 3.90. The minimum absolute atomic E-state index is 0.00609. The molecule has 2 N–H and O–H groups in total. The number of aliphatic hydroxyl groups excluding tert-OH is 1. The van der Waals surface area contributed by atoms with E-state index < -0.39 is 0 Å². The number of amides is 1. The monoisotopic (exact) mass is 242 g/mol. The second kappa shape index (κ2) is 5.93. The van der Waals surface area contributed by atoms with Gasteiger partial charge in [0.25, 0.3) is 5.91 Å². The molecule has 0 aliphatic rings. The molecule has 0 fully saturated rings. The maximum Gasteiger partial charge on any atom is 0.251 e. The van der Waals surface area contributed by atoms with Gasteiger partial charge in [0.05, 0.1) is 6.61 Å². The topological polar surface area (TPSA) is 62.2 Å². The summed E-state index contributed by atoms with van der Waals surface area (Å²) in [5.74, 6) is -0.133. The van der Waals surface area contributed by atoms with Crippen molar-refractivity contribution in [3.05, 3.63) is 65.5 Å². The van der Waals surface area contributed by atoms with Gasteiger partial charge in [-0.1, -0.05) is 24.3 Å². The summed E-state index contributed by atoms with van der Waals surface area (Å²) in [7, 11) is 0. The fourth-order valence-electron chi connectivity index (χ4n) is 1.63. The Kier molecular flexibility index (Phi) is 4.04. The summed E-state index contributed by atoms with van der Waals surface area (Å²) in [5.41, 5.74) is 2.39. The van der Waals surface area contributed by atoms with Gasteiger partial charge in [-0.3, -0.25) is 9.78 Å². The molecule has 0 aliphatic carbocycles. The summed E-state index contributed by atoms with van der Waals surface area (Å²) >= 11 is 0. The lowest BCUT2D eigenvalue weighted by Crippen LogP contribution is -2.22. The van der Waals surface area contributed by atoms with E-state index in [0.29, 0.717) is 12.1 Å². The van der Waals surface area contributed by atoms with E-state index in [1.54, 1.807) is 24.5 Å². The zero-order valence-corrected chi connectivity index (χ0v) is 9.84. The molecule has 0 spiro atoms. The highest BCUT2D eigenvalue weighted by atomic mass is 16.3. The molecule has 0 saturated carbocycles. The van der Waals surface area contributed by atoms with Crippen LogP contribution in [0.2, 0.25) is 0 Å². The van der Waals surface area contributed by atoms with E-state index in [-0.39, 0.29) is 12.5 Å². The Morgan fingerprint density at radius 1 is 1.17 bits per heavy atom. The third-order valence-electron chi connectivity index (χ3n) is 2.57. The normalized spacial score (nSPS) is 10.1. The van der Waals surface area contributed by atoms with Crippen LogP contribution in [0, 0.1) is 0 Å². The molecule has 92 valence electrons. The van der Waals surface area contributed by atoms with Gasteiger partial charge in [0.1, 0.15) is 0 Å². The van der Waals surface area contributed by atoms with Crippen LogP contribution in [-0.2, 0) is 13.2 Å². The molecule has 0 atom stereocenters. The van der Waals surface area contributed by atoms with Gasteiger partial charge in [0, 0.05) is 24.5 Å². The molecule has 18 heavy (non-hydrogen) atoms. The molecule has 0 bridgehead atoms. The predicted molar refractivity (Wildman–Crippen MR) is 67.8 cm³/mol. The first-order valence-electron chi connectivity index (χ1n) is 5.66. The zero-order chi connectivity index (χ0) is 12.8. The third kappa shape index (κ3) is 3.15. The van der Waals surface area contributed by atoms with Gasteiger partial charge >= 0.3 is 0 Å². The molecule has 0 aliphatic heterocycles. The Balaban J connectivity index is 1.97. The number of hydrogen-bond acceptors (Lipinski definition) is 3. The van der Waals surface area contributed by atoms with E-state index in [2.05, 4.69) is 10.3 Å². The lowest BCUT2D eigenvalue weighted by atomic mass is 10.1. The van der Waals surface area contributed by atoms with Gasteiger partial charge in [-0.2, -0.15) is 0 Å². The molecule has 0 unspecified atom stereocenters. The fraction of sp³-hybridized carbons (Fsp3) is 0.143. The van der Waals surface area contributed by atoms with Crippen molar-refractivity contribution in [3.8, 4) is 0 Å². The number of carbonyl (C=O) groups is 1. The Hall–Kier alpha value is -2.20. The van der Waals surface area contributed by atoms with Crippen LogP contribution in [0.5, 0.6) is 0 Å². The molecule has 0 radical (unpaired) electrons. The van der Waals surface area contributed by atoms with E-state index in [1.165, 1.54) is 0 Å². The maximum absolute atomic E-state index is 11.8. The number of aromatic nitrogens is 1. The molecule has 4 heteroatoms. The van der Waals surface area contributed by atoms with Crippen LogP contribution < -0.4 is 5.32 Å². The predicted octanol–water partition coefficient (Wildman–Crippen LogP) is 1.50. The van der Waals surface area contributed by atoms with Crippen molar-refractivity contribution in [2.75, 3.05) is 0 Å². The van der Waals surface area contributed by atoms with Crippen molar-refractivity contribution < 1.29 is 9.90 Å². The van der Waals surface area contributed by atoms with Crippen LogP contribution in [0.3, 0.4) is 0 Å². The molecular formula is C14H14N2O2. The van der Waals surface area contributed by atoms with Crippen LogP contribution in [0.4, 0.5) is 0 Å². The molecular weight excluding hydrogens is 228 g/mol. The lowest BCUT2D eigenvalue weighted by molar-refractivity contribution is 0.0951. The van der Waals surface area contributed by atoms with Crippen molar-refractivity contribution in [3.63, 3.8) is 0 Å². The minimum Gasteiger partial charge on any atom is -0.392 e.